The Balaban J connectivity index is 1.61. The van der Waals surface area contributed by atoms with Crippen LogP contribution >= 0.6 is 0 Å². The first-order chi connectivity index (χ1) is 8.97. The van der Waals surface area contributed by atoms with Crippen LogP contribution in [-0.4, -0.2) is 22.9 Å². The molecule has 4 rings (SSSR count). The topological polar surface area (TPSA) is 80.4 Å². The van der Waals surface area contributed by atoms with E-state index in [1.165, 1.54) is 38.5 Å². The lowest BCUT2D eigenvalue weighted by Gasteiger charge is -2.57. The highest BCUT2D eigenvalue weighted by Crippen LogP contribution is 2.61. The largest absolute Gasteiger partial charge is 0.480 e. The summed E-state index contributed by atoms with van der Waals surface area (Å²) in [6, 6.07) is -1.33. The van der Waals surface area contributed by atoms with E-state index in [4.69, 9.17) is 10.8 Å². The van der Waals surface area contributed by atoms with Gasteiger partial charge >= 0.3 is 5.97 Å². The van der Waals surface area contributed by atoms with Crippen molar-refractivity contribution in [3.05, 3.63) is 0 Å². The third-order valence-electron chi connectivity index (χ3n) is 5.68. The maximum absolute atomic E-state index is 11.8. The summed E-state index contributed by atoms with van der Waals surface area (Å²) in [6.07, 6.45) is 9.15. The molecule has 3 N–H and O–H groups in total. The highest BCUT2D eigenvalue weighted by atomic mass is 16.4. The second-order valence-corrected chi connectivity index (χ2v) is 7.20. The number of Topliss-reactive ketones (excluding diaryl/α,β-unsaturated/α-hetero) is 1. The van der Waals surface area contributed by atoms with Crippen molar-refractivity contribution in [2.45, 2.75) is 57.4 Å². The van der Waals surface area contributed by atoms with Gasteiger partial charge in [-0.15, -0.1) is 0 Å². The molecule has 1 atom stereocenters. The quantitative estimate of drug-likeness (QED) is 0.745. The zero-order chi connectivity index (χ0) is 13.6. The zero-order valence-corrected chi connectivity index (χ0v) is 11.3. The number of aliphatic carboxylic acids is 1. The summed E-state index contributed by atoms with van der Waals surface area (Å²) in [5.41, 5.74) is 5.72. The lowest BCUT2D eigenvalue weighted by atomic mass is 9.48. The van der Waals surface area contributed by atoms with E-state index in [0.717, 1.165) is 24.2 Å². The van der Waals surface area contributed by atoms with Crippen LogP contribution in [0.4, 0.5) is 0 Å². The van der Waals surface area contributed by atoms with E-state index in [-0.39, 0.29) is 5.78 Å². The Morgan fingerprint density at radius 3 is 2.00 bits per heavy atom. The van der Waals surface area contributed by atoms with Crippen molar-refractivity contribution < 1.29 is 14.7 Å². The Hall–Kier alpha value is -0.900. The van der Waals surface area contributed by atoms with Gasteiger partial charge in [-0.2, -0.15) is 0 Å². The molecule has 0 spiro atoms. The molecule has 0 aliphatic heterocycles. The molecule has 0 saturated heterocycles. The van der Waals surface area contributed by atoms with Gasteiger partial charge in [0, 0.05) is 6.42 Å². The fourth-order valence-corrected chi connectivity index (χ4v) is 5.28. The molecular formula is C15H23NO3. The van der Waals surface area contributed by atoms with E-state index < -0.39 is 12.0 Å². The third-order valence-corrected chi connectivity index (χ3v) is 5.68. The molecule has 4 aliphatic rings. The summed E-state index contributed by atoms with van der Waals surface area (Å²) < 4.78 is 0. The van der Waals surface area contributed by atoms with Gasteiger partial charge in [0.25, 0.3) is 0 Å². The summed E-state index contributed by atoms with van der Waals surface area (Å²) in [5.74, 6) is 1.11. The molecule has 0 heterocycles. The summed E-state index contributed by atoms with van der Waals surface area (Å²) in [4.78, 5) is 22.5. The number of carboxylic acid groups (broad SMARTS) is 1. The van der Waals surface area contributed by atoms with E-state index in [1.54, 1.807) is 0 Å². The zero-order valence-electron chi connectivity index (χ0n) is 11.3. The molecule has 0 amide bonds. The average Bonchev–Trinajstić information content (AvgIpc) is 2.33. The lowest BCUT2D eigenvalue weighted by Crippen LogP contribution is -2.46. The summed E-state index contributed by atoms with van der Waals surface area (Å²) >= 11 is 0. The fourth-order valence-electron chi connectivity index (χ4n) is 5.28. The number of rotatable bonds is 5. The second kappa shape index (κ2) is 4.58. The molecule has 0 aromatic rings. The Kier molecular flexibility index (Phi) is 3.16. The molecule has 0 aromatic carbocycles. The molecule has 1 unspecified atom stereocenters. The number of nitrogens with two attached hydrogens (primary N) is 1. The maximum Gasteiger partial charge on any atom is 0.328 e. The maximum atomic E-state index is 11.8. The highest BCUT2D eigenvalue weighted by molar-refractivity contribution is 6.02. The molecule has 4 saturated carbocycles. The van der Waals surface area contributed by atoms with Crippen LogP contribution < -0.4 is 5.73 Å². The van der Waals surface area contributed by atoms with E-state index >= 15 is 0 Å². The van der Waals surface area contributed by atoms with E-state index in [2.05, 4.69) is 0 Å². The number of carbonyl (C=O) groups excluding carboxylic acids is 1. The first-order valence-corrected chi connectivity index (χ1v) is 7.48. The van der Waals surface area contributed by atoms with Crippen LogP contribution in [0.2, 0.25) is 0 Å². The minimum absolute atomic E-state index is 0.303. The van der Waals surface area contributed by atoms with Crippen LogP contribution in [0.1, 0.15) is 51.4 Å². The van der Waals surface area contributed by atoms with E-state index in [1.807, 2.05) is 0 Å². The molecule has 106 valence electrons. The van der Waals surface area contributed by atoms with Crippen LogP contribution in [0.25, 0.3) is 0 Å². The highest BCUT2D eigenvalue weighted by Gasteiger charge is 2.50. The average molecular weight is 265 g/mol. The standard InChI is InChI=1S/C15H23NO3/c16-13(14(18)19)12(17)1-2-15-6-9-3-10(7-15)5-11(4-9)8-15/h9-11,13H,1-8,16H2,(H,18,19). The Morgan fingerprint density at radius 1 is 1.11 bits per heavy atom. The molecule has 4 aliphatic carbocycles. The molecule has 0 radical (unpaired) electrons. The third kappa shape index (κ3) is 2.42. The molecule has 4 heteroatoms. The van der Waals surface area contributed by atoms with Gasteiger partial charge in [-0.05, 0) is 68.1 Å². The predicted molar refractivity (Wildman–Crippen MR) is 70.5 cm³/mol. The number of hydrogen-bond acceptors (Lipinski definition) is 3. The van der Waals surface area contributed by atoms with E-state index in [0.29, 0.717) is 11.8 Å². The molecule has 0 aromatic heterocycles. The number of carbonyl (C=O) groups is 2. The number of hydrogen-bond donors (Lipinski definition) is 2. The monoisotopic (exact) mass is 265 g/mol. The van der Waals surface area contributed by atoms with E-state index in [9.17, 15) is 9.59 Å². The normalized spacial score (nSPS) is 41.2. The van der Waals surface area contributed by atoms with Gasteiger partial charge in [-0.3, -0.25) is 9.59 Å². The SMILES string of the molecule is NC(C(=O)O)C(=O)CCC12CC3CC(CC(C3)C1)C2. The van der Waals surface area contributed by atoms with Gasteiger partial charge in [0.2, 0.25) is 0 Å². The van der Waals surface area contributed by atoms with Crippen molar-refractivity contribution in [3.63, 3.8) is 0 Å². The summed E-state index contributed by atoms with van der Waals surface area (Å²) in [6.45, 7) is 0. The molecule has 4 nitrogen and oxygen atoms in total. The van der Waals surface area contributed by atoms with Gasteiger partial charge in [-0.25, -0.2) is 0 Å². The Labute approximate surface area is 113 Å². The summed E-state index contributed by atoms with van der Waals surface area (Å²) in [7, 11) is 0. The smallest absolute Gasteiger partial charge is 0.328 e. The van der Waals surface area contributed by atoms with Crippen LogP contribution in [-0.2, 0) is 9.59 Å². The van der Waals surface area contributed by atoms with Crippen LogP contribution in [0.5, 0.6) is 0 Å². The minimum Gasteiger partial charge on any atom is -0.480 e. The van der Waals surface area contributed by atoms with Crippen molar-refractivity contribution >= 4 is 11.8 Å². The van der Waals surface area contributed by atoms with Crippen molar-refractivity contribution in [2.24, 2.45) is 28.9 Å². The van der Waals surface area contributed by atoms with Gasteiger partial charge in [-0.1, -0.05) is 0 Å². The van der Waals surface area contributed by atoms with Crippen molar-refractivity contribution in [3.8, 4) is 0 Å². The molecule has 4 bridgehead atoms. The number of ketones is 1. The molecule has 4 fully saturated rings. The van der Waals surface area contributed by atoms with Crippen LogP contribution in [0.3, 0.4) is 0 Å². The first kappa shape index (κ1) is 13.1. The van der Waals surface area contributed by atoms with Gasteiger partial charge in [0.1, 0.15) is 0 Å². The Bertz CT molecular complexity index is 369. The predicted octanol–water partition coefficient (Wildman–Crippen LogP) is 1.96. The molecule has 19 heavy (non-hydrogen) atoms. The van der Waals surface area contributed by atoms with Crippen LogP contribution in [0.15, 0.2) is 0 Å². The molecular weight excluding hydrogens is 242 g/mol. The van der Waals surface area contributed by atoms with Gasteiger partial charge < -0.3 is 10.8 Å². The summed E-state index contributed by atoms with van der Waals surface area (Å²) in [5, 5.41) is 8.77. The van der Waals surface area contributed by atoms with Crippen LogP contribution in [0, 0.1) is 23.2 Å². The lowest BCUT2D eigenvalue weighted by molar-refractivity contribution is -0.142. The van der Waals surface area contributed by atoms with Crippen molar-refractivity contribution in [2.75, 3.05) is 0 Å². The minimum atomic E-state index is -1.33. The van der Waals surface area contributed by atoms with Gasteiger partial charge in [0.15, 0.2) is 11.8 Å². The fraction of sp³-hybridized carbons (Fsp3) is 0.867. The Morgan fingerprint density at radius 2 is 1.58 bits per heavy atom. The van der Waals surface area contributed by atoms with Crippen molar-refractivity contribution in [1.82, 2.24) is 0 Å². The second-order valence-electron chi connectivity index (χ2n) is 7.20. The van der Waals surface area contributed by atoms with Gasteiger partial charge in [0.05, 0.1) is 0 Å². The van der Waals surface area contributed by atoms with Crippen molar-refractivity contribution in [1.29, 1.82) is 0 Å². The first-order valence-electron chi connectivity index (χ1n) is 7.48. The number of carboxylic acids is 1.